The topological polar surface area (TPSA) is 183 Å². The number of aliphatic hydroxyl groups excluding tert-OH is 1. The van der Waals surface area contributed by atoms with Gasteiger partial charge in [0, 0.05) is 61.2 Å². The number of likely N-dealkylation sites (tertiary alicyclic amines) is 1. The summed E-state index contributed by atoms with van der Waals surface area (Å²) in [6, 6.07) is 20.5. The minimum Gasteiger partial charge on any atom is -0.489 e. The standard InChI is InChI=1S/C49H62ClN7O6S/c1-29(33-14-16-34(17-15-33)42-30(2)53-28-64-42)54-44(60)40-24-37(58)27-57(40)45(61)41(52)31(3)62-23-9-21-56(8)22-20-32-10-12-35(13-11-32)43(59)55-46-48(4,5)47(49(46,6)7)63-38-19-18-36(26-51)39(50)25-38/h10-19,25,28-29,31,37,40-41,46-47,58H,9,20-24,27,52H2,1-8H3,(H,54,60)(H,55,59)/t29?,31-,37-,40+,41+,46-,47-/m1/s1. The van der Waals surface area contributed by atoms with Crippen LogP contribution >= 0.6 is 22.9 Å². The first-order valence-electron chi connectivity index (χ1n) is 21.9. The molecule has 64 heavy (non-hydrogen) atoms. The second-order valence-electron chi connectivity index (χ2n) is 18.5. The molecule has 1 unspecified atom stereocenters. The van der Waals surface area contributed by atoms with Gasteiger partial charge in [0.05, 0.1) is 44.9 Å². The zero-order valence-corrected chi connectivity index (χ0v) is 39.6. The largest absolute Gasteiger partial charge is 0.489 e. The van der Waals surface area contributed by atoms with E-state index >= 15 is 0 Å². The molecule has 1 saturated heterocycles. The molecule has 5 N–H and O–H groups in total. The van der Waals surface area contributed by atoms with E-state index in [1.54, 1.807) is 36.5 Å². The second-order valence-corrected chi connectivity index (χ2v) is 19.8. The Kier molecular flexibility index (Phi) is 15.6. The molecule has 1 aliphatic heterocycles. The average molecular weight is 913 g/mol. The fraction of sp³-hybridized carbons (Fsp3) is 0.490. The molecule has 15 heteroatoms. The third-order valence-electron chi connectivity index (χ3n) is 12.9. The first-order valence-corrected chi connectivity index (χ1v) is 23.2. The van der Waals surface area contributed by atoms with Crippen molar-refractivity contribution in [2.75, 3.05) is 33.3 Å². The molecule has 4 aromatic rings. The number of nitriles is 1. The monoisotopic (exact) mass is 911 g/mol. The van der Waals surface area contributed by atoms with Gasteiger partial charge in [-0.25, -0.2) is 4.98 Å². The number of likely N-dealkylation sites (N-methyl/N-ethyl adjacent to an activating group) is 1. The Morgan fingerprint density at radius 3 is 2.38 bits per heavy atom. The maximum absolute atomic E-state index is 13.6. The van der Waals surface area contributed by atoms with Crippen molar-refractivity contribution in [3.05, 3.63) is 105 Å². The van der Waals surface area contributed by atoms with Gasteiger partial charge in [-0.1, -0.05) is 75.7 Å². The number of hydrogen-bond acceptors (Lipinski definition) is 11. The number of β-amino-alcohol motifs (C(OH)–C–C–N with tert-alkyl or cyclic N) is 1. The summed E-state index contributed by atoms with van der Waals surface area (Å²) < 4.78 is 12.4. The van der Waals surface area contributed by atoms with Crippen molar-refractivity contribution < 1.29 is 29.0 Å². The number of nitrogens with two attached hydrogens (primary N) is 1. The lowest BCUT2D eigenvalue weighted by Gasteiger charge is -2.63. The van der Waals surface area contributed by atoms with Crippen LogP contribution in [-0.2, 0) is 20.7 Å². The van der Waals surface area contributed by atoms with E-state index in [2.05, 4.69) is 54.3 Å². The normalized spacial score (nSPS) is 21.3. The number of nitrogens with zero attached hydrogens (tertiary/aromatic N) is 4. The maximum Gasteiger partial charge on any atom is 0.251 e. The van der Waals surface area contributed by atoms with E-state index in [-0.39, 0.29) is 53.8 Å². The van der Waals surface area contributed by atoms with Crippen molar-refractivity contribution in [2.24, 2.45) is 16.6 Å². The Morgan fingerprint density at radius 2 is 1.75 bits per heavy atom. The molecule has 1 aromatic heterocycles. The van der Waals surface area contributed by atoms with Gasteiger partial charge >= 0.3 is 0 Å². The number of halogens is 1. The lowest BCUT2D eigenvalue weighted by molar-refractivity contribution is -0.164. The highest BCUT2D eigenvalue weighted by atomic mass is 35.5. The predicted octanol–water partition coefficient (Wildman–Crippen LogP) is 6.69. The van der Waals surface area contributed by atoms with Crippen LogP contribution in [0, 0.1) is 29.1 Å². The van der Waals surface area contributed by atoms with Gasteiger partial charge in [-0.3, -0.25) is 14.4 Å². The number of thiazole rings is 1. The molecule has 2 fully saturated rings. The molecule has 1 saturated carbocycles. The molecule has 1 aliphatic carbocycles. The predicted molar refractivity (Wildman–Crippen MR) is 250 cm³/mol. The highest BCUT2D eigenvalue weighted by Gasteiger charge is 2.64. The number of benzene rings is 3. The molecule has 5 atom stereocenters. The number of carbonyl (C=O) groups is 3. The van der Waals surface area contributed by atoms with Crippen molar-refractivity contribution in [2.45, 2.75) is 110 Å². The van der Waals surface area contributed by atoms with Crippen LogP contribution in [0.1, 0.15) is 93.2 Å². The summed E-state index contributed by atoms with van der Waals surface area (Å²) in [5, 5.41) is 26.3. The molecule has 3 amide bonds. The molecular weight excluding hydrogens is 850 g/mol. The van der Waals surface area contributed by atoms with Crippen molar-refractivity contribution in [3.8, 4) is 22.3 Å². The summed E-state index contributed by atoms with van der Waals surface area (Å²) in [7, 11) is 2.04. The highest BCUT2D eigenvalue weighted by Crippen LogP contribution is 2.55. The van der Waals surface area contributed by atoms with Gasteiger partial charge in [0.15, 0.2) is 0 Å². The summed E-state index contributed by atoms with van der Waals surface area (Å²) in [6.07, 6.45) is 0.0312. The third-order valence-corrected chi connectivity index (χ3v) is 14.2. The van der Waals surface area contributed by atoms with Crippen LogP contribution in [-0.4, -0.2) is 107 Å². The smallest absolute Gasteiger partial charge is 0.251 e. The van der Waals surface area contributed by atoms with Gasteiger partial charge in [-0.05, 0) is 81.6 Å². The van der Waals surface area contributed by atoms with Crippen molar-refractivity contribution in [3.63, 3.8) is 0 Å². The van der Waals surface area contributed by atoms with Crippen LogP contribution in [0.4, 0.5) is 0 Å². The fourth-order valence-electron chi connectivity index (χ4n) is 9.37. The second kappa shape index (κ2) is 20.5. The van der Waals surface area contributed by atoms with E-state index in [9.17, 15) is 24.8 Å². The van der Waals surface area contributed by atoms with Crippen molar-refractivity contribution in [1.82, 2.24) is 25.4 Å². The SMILES string of the molecule is Cc1ncsc1-c1ccc(C(C)NC(=O)[C@@H]2C[C@@H](O)CN2C(=O)[C@@H](N)[C@@H](C)OCCCN(C)CCc2ccc(C(=O)N[C@H]3C(C)(C)[C@H](Oc4ccc(C#N)c(Cl)c4)C3(C)C)cc2)cc1. The molecule has 0 radical (unpaired) electrons. The summed E-state index contributed by atoms with van der Waals surface area (Å²) in [6.45, 7) is 15.9. The van der Waals surface area contributed by atoms with E-state index in [4.69, 9.17) is 26.8 Å². The highest BCUT2D eigenvalue weighted by molar-refractivity contribution is 7.13. The Morgan fingerprint density at radius 1 is 1.06 bits per heavy atom. The van der Waals surface area contributed by atoms with E-state index in [0.29, 0.717) is 28.5 Å². The quantitative estimate of drug-likeness (QED) is 0.0785. The molecule has 2 aliphatic rings. The van der Waals surface area contributed by atoms with E-state index < -0.39 is 30.2 Å². The third kappa shape index (κ3) is 11.0. The van der Waals surface area contributed by atoms with Gasteiger partial charge in [0.1, 0.15) is 30.0 Å². The lowest BCUT2D eigenvalue weighted by Crippen LogP contribution is -2.74. The first-order chi connectivity index (χ1) is 30.3. The fourth-order valence-corrected chi connectivity index (χ4v) is 10.4. The Bertz CT molecular complexity index is 2300. The minimum absolute atomic E-state index is 0.0300. The molecule has 342 valence electrons. The van der Waals surface area contributed by atoms with Gasteiger partial charge < -0.3 is 40.7 Å². The molecule has 6 rings (SSSR count). The first kappa shape index (κ1) is 48.6. The number of ether oxygens (including phenoxy) is 2. The zero-order valence-electron chi connectivity index (χ0n) is 38.1. The van der Waals surface area contributed by atoms with E-state index in [1.165, 1.54) is 4.90 Å². The van der Waals surface area contributed by atoms with Gasteiger partial charge in [0.25, 0.3) is 5.91 Å². The molecule has 0 bridgehead atoms. The number of aromatic nitrogens is 1. The molecule has 0 spiro atoms. The number of rotatable bonds is 18. The van der Waals surface area contributed by atoms with Crippen LogP contribution in [0.15, 0.2) is 72.2 Å². The number of aliphatic hydroxyl groups is 1. The number of carbonyl (C=O) groups excluding carboxylic acids is 3. The van der Waals surface area contributed by atoms with E-state index in [1.807, 2.05) is 74.9 Å². The van der Waals surface area contributed by atoms with Gasteiger partial charge in [-0.2, -0.15) is 5.26 Å². The van der Waals surface area contributed by atoms with Gasteiger partial charge in [0.2, 0.25) is 11.8 Å². The van der Waals surface area contributed by atoms with Crippen LogP contribution < -0.4 is 21.1 Å². The zero-order chi connectivity index (χ0) is 46.5. The Labute approximate surface area is 386 Å². The number of nitrogens with one attached hydrogen (secondary N) is 2. The van der Waals surface area contributed by atoms with Crippen molar-refractivity contribution in [1.29, 1.82) is 5.26 Å². The summed E-state index contributed by atoms with van der Waals surface area (Å²) in [4.78, 5) is 49.5. The Hall–Kier alpha value is -4.88. The minimum atomic E-state index is -0.999. The summed E-state index contributed by atoms with van der Waals surface area (Å²) >= 11 is 7.83. The van der Waals surface area contributed by atoms with Crippen molar-refractivity contribution >= 4 is 40.7 Å². The Balaban J connectivity index is 0.898. The molecule has 2 heterocycles. The summed E-state index contributed by atoms with van der Waals surface area (Å²) in [5.74, 6) is -0.317. The molecule has 3 aromatic carbocycles. The number of aryl methyl sites for hydroxylation is 1. The van der Waals surface area contributed by atoms with Crippen LogP contribution in [0.2, 0.25) is 5.02 Å². The molecular formula is C49H62ClN7O6S. The number of amides is 3. The lowest BCUT2D eigenvalue weighted by atomic mass is 9.49. The van der Waals surface area contributed by atoms with Crippen LogP contribution in [0.3, 0.4) is 0 Å². The average Bonchev–Trinajstić information content (AvgIpc) is 3.89. The van der Waals surface area contributed by atoms with E-state index in [0.717, 1.165) is 53.2 Å². The summed E-state index contributed by atoms with van der Waals surface area (Å²) in [5.41, 5.74) is 12.5. The number of hydrogen-bond donors (Lipinski definition) is 4. The maximum atomic E-state index is 13.6. The molecule has 13 nitrogen and oxygen atoms in total. The van der Waals surface area contributed by atoms with Crippen LogP contribution in [0.5, 0.6) is 5.75 Å². The van der Waals surface area contributed by atoms with Crippen LogP contribution in [0.25, 0.3) is 10.4 Å². The van der Waals surface area contributed by atoms with Gasteiger partial charge in [-0.15, -0.1) is 11.3 Å².